The van der Waals surface area contributed by atoms with Gasteiger partial charge in [0, 0.05) is 38.3 Å². The van der Waals surface area contributed by atoms with Gasteiger partial charge in [-0.25, -0.2) is 4.79 Å². The van der Waals surface area contributed by atoms with Crippen LogP contribution in [0.1, 0.15) is 34.6 Å². The Hall–Kier alpha value is -2.24. The van der Waals surface area contributed by atoms with Gasteiger partial charge in [-0.3, -0.25) is 0 Å². The number of amides is 2. The molecule has 0 radical (unpaired) electrons. The Morgan fingerprint density at radius 2 is 2.04 bits per heavy atom. The summed E-state index contributed by atoms with van der Waals surface area (Å²) >= 11 is 6.21. The van der Waals surface area contributed by atoms with Crippen molar-refractivity contribution in [3.63, 3.8) is 0 Å². The van der Waals surface area contributed by atoms with E-state index >= 15 is 0 Å². The van der Waals surface area contributed by atoms with Gasteiger partial charge in [-0.2, -0.15) is 0 Å². The predicted molar refractivity (Wildman–Crippen MR) is 113 cm³/mol. The molecule has 1 heterocycles. The van der Waals surface area contributed by atoms with Gasteiger partial charge in [-0.05, 0) is 66.8 Å². The van der Waals surface area contributed by atoms with E-state index in [2.05, 4.69) is 23.3 Å². The van der Waals surface area contributed by atoms with Crippen LogP contribution in [0.4, 0.5) is 10.5 Å². The molecule has 0 saturated carbocycles. The number of rotatable bonds is 1. The highest BCUT2D eigenvalue weighted by Gasteiger charge is 2.37. The van der Waals surface area contributed by atoms with Gasteiger partial charge in [0.05, 0.1) is 5.02 Å². The van der Waals surface area contributed by atoms with E-state index in [9.17, 15) is 9.90 Å². The first-order valence-corrected chi connectivity index (χ1v) is 10.1. The molecule has 0 bridgehead atoms. The molecular formula is C22H26ClN3O2. The Balaban J connectivity index is 1.85. The van der Waals surface area contributed by atoms with Crippen molar-refractivity contribution in [3.8, 4) is 5.75 Å². The van der Waals surface area contributed by atoms with Gasteiger partial charge in [-0.1, -0.05) is 23.7 Å². The van der Waals surface area contributed by atoms with E-state index in [1.165, 1.54) is 16.7 Å². The van der Waals surface area contributed by atoms with Crippen LogP contribution >= 0.6 is 11.6 Å². The highest BCUT2D eigenvalue weighted by molar-refractivity contribution is 6.32. The molecule has 0 fully saturated rings. The van der Waals surface area contributed by atoms with Crippen molar-refractivity contribution in [1.29, 1.82) is 0 Å². The number of carbonyl (C=O) groups excluding carboxylic acids is 1. The molecule has 2 amide bonds. The van der Waals surface area contributed by atoms with Crippen molar-refractivity contribution < 1.29 is 9.90 Å². The first kappa shape index (κ1) is 19.1. The zero-order valence-electron chi connectivity index (χ0n) is 16.5. The second-order valence-electron chi connectivity index (χ2n) is 8.01. The Kier molecular flexibility index (Phi) is 4.98. The van der Waals surface area contributed by atoms with E-state index in [-0.39, 0.29) is 17.7 Å². The number of phenols is 1. The number of hydrogen-bond donors (Lipinski definition) is 2. The van der Waals surface area contributed by atoms with Gasteiger partial charge < -0.3 is 20.2 Å². The summed E-state index contributed by atoms with van der Waals surface area (Å²) in [6, 6.07) is 10.1. The van der Waals surface area contributed by atoms with Gasteiger partial charge in [0.2, 0.25) is 0 Å². The number of nitrogens with zero attached hydrogens (tertiary/aromatic N) is 2. The van der Waals surface area contributed by atoms with E-state index in [0.29, 0.717) is 11.1 Å². The van der Waals surface area contributed by atoms with Crippen molar-refractivity contribution in [1.82, 2.24) is 9.80 Å². The van der Waals surface area contributed by atoms with Crippen LogP contribution in [0.2, 0.25) is 5.02 Å². The van der Waals surface area contributed by atoms with Crippen molar-refractivity contribution in [2.45, 2.75) is 31.2 Å². The fraction of sp³-hybridized carbons (Fsp3) is 0.409. The van der Waals surface area contributed by atoms with Gasteiger partial charge >= 0.3 is 6.03 Å². The maximum absolute atomic E-state index is 12.2. The van der Waals surface area contributed by atoms with Gasteiger partial charge in [-0.15, -0.1) is 0 Å². The number of fused-ring (bicyclic) bond motifs is 5. The summed E-state index contributed by atoms with van der Waals surface area (Å²) in [5, 5.41) is 13.7. The summed E-state index contributed by atoms with van der Waals surface area (Å²) in [4.78, 5) is 16.2. The maximum Gasteiger partial charge on any atom is 0.321 e. The molecule has 4 rings (SSSR count). The molecule has 0 saturated heterocycles. The largest absolute Gasteiger partial charge is 0.506 e. The van der Waals surface area contributed by atoms with Crippen LogP contribution in [0.5, 0.6) is 5.75 Å². The topological polar surface area (TPSA) is 55.8 Å². The van der Waals surface area contributed by atoms with E-state index < -0.39 is 0 Å². The summed E-state index contributed by atoms with van der Waals surface area (Å²) in [5.74, 6) is 0.276. The number of anilines is 1. The van der Waals surface area contributed by atoms with Crippen molar-refractivity contribution in [2.75, 3.05) is 33.0 Å². The Morgan fingerprint density at radius 3 is 2.79 bits per heavy atom. The molecule has 0 aromatic heterocycles. The SMILES string of the molecule is CN(C)C(=O)Nc1cccc2c1CC[C@H]1[C@H]2c2cc(O)c(Cl)cc2CCN1C. The minimum absolute atomic E-state index is 0.127. The molecule has 148 valence electrons. The summed E-state index contributed by atoms with van der Waals surface area (Å²) < 4.78 is 0. The summed E-state index contributed by atoms with van der Waals surface area (Å²) in [7, 11) is 5.65. The van der Waals surface area contributed by atoms with E-state index in [1.54, 1.807) is 19.0 Å². The average molecular weight is 400 g/mol. The lowest BCUT2D eigenvalue weighted by molar-refractivity contribution is 0.214. The Labute approximate surface area is 170 Å². The number of phenolic OH excluding ortho intramolecular Hbond substituents is 1. The highest BCUT2D eigenvalue weighted by atomic mass is 35.5. The van der Waals surface area contributed by atoms with Crippen LogP contribution in [0, 0.1) is 0 Å². The molecule has 1 aliphatic carbocycles. The van der Waals surface area contributed by atoms with Crippen LogP contribution in [0.15, 0.2) is 30.3 Å². The molecule has 1 aliphatic heterocycles. The molecule has 28 heavy (non-hydrogen) atoms. The van der Waals surface area contributed by atoms with E-state index in [1.807, 2.05) is 24.3 Å². The third kappa shape index (κ3) is 3.23. The standard InChI is InChI=1S/C22H26ClN3O2/c1-25(2)22(28)24-18-6-4-5-15-14(18)7-8-19-21(15)16-12-20(27)17(23)11-13(16)9-10-26(19)3/h4-6,11-12,19,21,27H,7-10H2,1-3H3,(H,24,28)/t19-,21+/m0/s1. The van der Waals surface area contributed by atoms with Gasteiger partial charge in [0.25, 0.3) is 0 Å². The Morgan fingerprint density at radius 1 is 1.25 bits per heavy atom. The minimum Gasteiger partial charge on any atom is -0.506 e. The van der Waals surface area contributed by atoms with Gasteiger partial charge in [0.1, 0.15) is 5.75 Å². The monoisotopic (exact) mass is 399 g/mol. The van der Waals surface area contributed by atoms with E-state index in [4.69, 9.17) is 11.6 Å². The summed E-state index contributed by atoms with van der Waals surface area (Å²) in [5.41, 5.74) is 5.63. The lowest BCUT2D eigenvalue weighted by Gasteiger charge is -2.39. The zero-order valence-corrected chi connectivity index (χ0v) is 17.3. The van der Waals surface area contributed by atoms with Crippen LogP contribution in [-0.2, 0) is 12.8 Å². The van der Waals surface area contributed by atoms with Crippen molar-refractivity contribution >= 4 is 23.3 Å². The number of aromatic hydroxyl groups is 1. The number of urea groups is 1. The van der Waals surface area contributed by atoms with Crippen LogP contribution in [0.3, 0.4) is 0 Å². The molecule has 2 aromatic rings. The van der Waals surface area contributed by atoms with Crippen molar-refractivity contribution in [2.24, 2.45) is 0 Å². The molecule has 0 unspecified atom stereocenters. The number of hydrogen-bond acceptors (Lipinski definition) is 3. The maximum atomic E-state index is 12.2. The lowest BCUT2D eigenvalue weighted by Crippen LogP contribution is -2.40. The first-order valence-electron chi connectivity index (χ1n) is 9.68. The van der Waals surface area contributed by atoms with Gasteiger partial charge in [0.15, 0.2) is 0 Å². The molecule has 6 heteroatoms. The molecule has 2 N–H and O–H groups in total. The fourth-order valence-electron chi connectivity index (χ4n) is 4.62. The minimum atomic E-state index is -0.127. The Bertz CT molecular complexity index is 928. The second kappa shape index (κ2) is 7.30. The molecule has 0 spiro atoms. The highest BCUT2D eigenvalue weighted by Crippen LogP contribution is 2.45. The van der Waals surface area contributed by atoms with Crippen LogP contribution in [-0.4, -0.2) is 54.7 Å². The number of likely N-dealkylation sites (N-methyl/N-ethyl adjacent to an activating group) is 1. The normalized spacial score (nSPS) is 21.1. The number of carbonyl (C=O) groups is 1. The lowest BCUT2D eigenvalue weighted by atomic mass is 9.74. The molecule has 2 atom stereocenters. The number of halogens is 1. The average Bonchev–Trinajstić information content (AvgIpc) is 2.80. The summed E-state index contributed by atoms with van der Waals surface area (Å²) in [6.07, 6.45) is 2.83. The quantitative estimate of drug-likeness (QED) is 0.759. The third-order valence-corrected chi connectivity index (χ3v) is 6.42. The third-order valence-electron chi connectivity index (χ3n) is 6.11. The molecule has 5 nitrogen and oxygen atoms in total. The van der Waals surface area contributed by atoms with Crippen LogP contribution in [0.25, 0.3) is 0 Å². The smallest absolute Gasteiger partial charge is 0.321 e. The second-order valence-corrected chi connectivity index (χ2v) is 8.42. The first-order chi connectivity index (χ1) is 13.4. The fourth-order valence-corrected chi connectivity index (χ4v) is 4.81. The predicted octanol–water partition coefficient (Wildman–Crippen LogP) is 4.07. The number of benzene rings is 2. The molecular weight excluding hydrogens is 374 g/mol. The molecule has 2 aromatic carbocycles. The summed E-state index contributed by atoms with van der Waals surface area (Å²) in [6.45, 7) is 0.960. The van der Waals surface area contributed by atoms with Crippen LogP contribution < -0.4 is 5.32 Å². The van der Waals surface area contributed by atoms with Crippen molar-refractivity contribution in [3.05, 3.63) is 57.6 Å². The molecule has 2 aliphatic rings. The van der Waals surface area contributed by atoms with E-state index in [0.717, 1.165) is 37.1 Å². The number of nitrogens with one attached hydrogen (secondary N) is 1. The zero-order chi connectivity index (χ0) is 20.0.